The quantitative estimate of drug-likeness (QED) is 0.144. The van der Waals surface area contributed by atoms with E-state index in [9.17, 15) is 60.0 Å². The van der Waals surface area contributed by atoms with Gasteiger partial charge < -0.3 is 96.7 Å². The van der Waals surface area contributed by atoms with Crippen molar-refractivity contribution in [1.82, 2.24) is 0 Å². The van der Waals surface area contributed by atoms with Crippen molar-refractivity contribution in [3.8, 4) is 0 Å². The first-order valence-electron chi connectivity index (χ1n) is 27.3. The summed E-state index contributed by atoms with van der Waals surface area (Å²) in [5.41, 5.74) is 19.8. The van der Waals surface area contributed by atoms with Crippen LogP contribution in [0.1, 0.15) is 20.7 Å². The Morgan fingerprint density at radius 1 is 0.239 bits per heavy atom. The molecule has 24 nitrogen and oxygen atoms in total. The van der Waals surface area contributed by atoms with Crippen LogP contribution < -0.4 is 22.9 Å². The molecule has 2 aromatic carbocycles. The fourth-order valence-electron chi connectivity index (χ4n) is 5.30. The van der Waals surface area contributed by atoms with Gasteiger partial charge in [0.2, 0.25) is 0 Å². The van der Waals surface area contributed by atoms with Crippen LogP contribution in [0.5, 0.6) is 0 Å². The number of nitrogen functional groups attached to an aromatic ring is 2. The van der Waals surface area contributed by atoms with Crippen molar-refractivity contribution < 1.29 is 157 Å². The molecule has 0 radical (unpaired) electrons. The number of halogens is 12. The van der Waals surface area contributed by atoms with E-state index in [0.717, 1.165) is 0 Å². The maximum atomic E-state index is 10.6. The Labute approximate surface area is 503 Å². The third-order valence-electron chi connectivity index (χ3n) is 9.16. The molecule has 0 bridgehead atoms. The molecule has 2 aromatic rings. The number of ether oxygens (including phenoxy) is 18. The van der Waals surface area contributed by atoms with Crippen molar-refractivity contribution in [2.45, 2.75) is 0 Å². The molecule has 0 atom stereocenters. The van der Waals surface area contributed by atoms with Crippen molar-refractivity contribution in [3.05, 3.63) is 59.7 Å². The monoisotopic (exact) mass is 1360 g/mol. The van der Waals surface area contributed by atoms with E-state index in [-0.39, 0.29) is 11.8 Å². The second kappa shape index (κ2) is 50.2. The van der Waals surface area contributed by atoms with E-state index in [0.29, 0.717) is 260 Å². The molecule has 0 aromatic heterocycles. The van der Waals surface area contributed by atoms with Crippen molar-refractivity contribution in [1.29, 1.82) is 0 Å². The molecular weight excluding hydrogens is 1270 g/mol. The van der Waals surface area contributed by atoms with E-state index < -0.39 is 15.6 Å². The second-order valence-electron chi connectivity index (χ2n) is 17.0. The topological polar surface area (TPSA) is 308 Å². The number of hydrogen-bond donors (Lipinski definition) is 4. The minimum Gasteiger partial charge on any atom is -0.399 e. The minimum absolute atomic E-state index is 0.181. The van der Waals surface area contributed by atoms with E-state index in [1.807, 2.05) is 0 Å². The van der Waals surface area contributed by atoms with Gasteiger partial charge in [-0.1, -0.05) is 0 Å². The molecule has 88 heavy (non-hydrogen) atoms. The van der Waals surface area contributed by atoms with E-state index in [1.165, 1.54) is 0 Å². The molecule has 3 heterocycles. The Kier molecular flexibility index (Phi) is 49.4. The molecule has 3 aliphatic heterocycles. The van der Waals surface area contributed by atoms with Gasteiger partial charge in [0, 0.05) is 11.4 Å². The summed E-state index contributed by atoms with van der Waals surface area (Å²) < 4.78 is 214. The molecular formula is C50H90F12N4O20P2. The minimum atomic E-state index is -10.7. The number of carbonyl (C=O) groups is 2. The molecule has 3 saturated heterocycles. The van der Waals surface area contributed by atoms with Crippen molar-refractivity contribution in [3.63, 3.8) is 0 Å². The first-order valence-corrected chi connectivity index (χ1v) is 31.3. The van der Waals surface area contributed by atoms with Gasteiger partial charge in [-0.05, 0) is 48.5 Å². The Hall–Kier alpha value is -3.40. The number of rotatable bonds is 2. The number of benzene rings is 2. The van der Waals surface area contributed by atoms with Gasteiger partial charge >= 0.3 is 77.8 Å². The van der Waals surface area contributed by atoms with E-state index >= 15 is 0 Å². The number of amides is 2. The summed E-state index contributed by atoms with van der Waals surface area (Å²) in [5.74, 6) is -0.361. The predicted molar refractivity (Wildman–Crippen MR) is 298 cm³/mol. The summed E-state index contributed by atoms with van der Waals surface area (Å²) in [6.07, 6.45) is 0. The van der Waals surface area contributed by atoms with Gasteiger partial charge in [-0.15, -0.1) is 0 Å². The van der Waals surface area contributed by atoms with Gasteiger partial charge in [-0.2, -0.15) is 0 Å². The smallest absolute Gasteiger partial charge is 0.340 e. The fourth-order valence-corrected chi connectivity index (χ4v) is 5.30. The second-order valence-corrected chi connectivity index (χ2v) is 20.9. The molecule has 2 amide bonds. The Morgan fingerprint density at radius 3 is 0.386 bits per heavy atom. The maximum absolute atomic E-state index is 10.7. The van der Waals surface area contributed by atoms with E-state index in [4.69, 9.17) is 96.7 Å². The predicted octanol–water partition coefficient (Wildman–Crippen LogP) is 6.37. The molecule has 5 rings (SSSR count). The van der Waals surface area contributed by atoms with Gasteiger partial charge in [-0.25, -0.2) is 9.59 Å². The number of anilines is 2. The summed E-state index contributed by atoms with van der Waals surface area (Å²) in [5, 5.41) is 0. The van der Waals surface area contributed by atoms with Crippen molar-refractivity contribution >= 4 is 38.8 Å². The fraction of sp³-hybridized carbons (Fsp3) is 0.720. The summed E-state index contributed by atoms with van der Waals surface area (Å²) in [4.78, 5) is 21.2. The third-order valence-corrected chi connectivity index (χ3v) is 9.16. The molecule has 0 aliphatic carbocycles. The number of quaternary nitrogens is 2. The standard InChI is InChI=1S/3C12H24O6.2C7H8N2O.2F6P/c3*1-2-14-5-6-16-9-10-18-12-11-17-8-7-15-4-3-13-1;2*8-6-3-1-5(2-4-6)7(9)10;2*1-7(2,3,4,5)6/h3*1-12H2;2*1-4H,8H2,(H2,9,10);;/q;;;;;2*-1/p+2. The molecule has 38 heteroatoms. The molecule has 10 N–H and O–H groups in total. The van der Waals surface area contributed by atoms with Gasteiger partial charge in [0.15, 0.2) is 0 Å². The van der Waals surface area contributed by atoms with E-state index in [1.54, 1.807) is 48.5 Å². The largest absolute Gasteiger partial charge is 0.399 e. The van der Waals surface area contributed by atoms with E-state index in [2.05, 4.69) is 11.5 Å². The molecule has 0 spiro atoms. The van der Waals surface area contributed by atoms with Crippen LogP contribution in [0.4, 0.5) is 61.7 Å². The summed E-state index contributed by atoms with van der Waals surface area (Å²) in [6, 6.07) is 13.3. The van der Waals surface area contributed by atoms with Crippen LogP contribution >= 0.6 is 15.6 Å². The average Bonchev–Trinajstić information content (AvgIpc) is 3.29. The molecule has 0 unspecified atom stereocenters. The normalized spacial score (nSPS) is 20.5. The van der Waals surface area contributed by atoms with Crippen LogP contribution in [0.15, 0.2) is 48.5 Å². The zero-order valence-corrected chi connectivity index (χ0v) is 51.0. The van der Waals surface area contributed by atoms with Crippen LogP contribution in [0.3, 0.4) is 0 Å². The molecule has 3 aliphatic rings. The van der Waals surface area contributed by atoms with Crippen LogP contribution in [0.25, 0.3) is 0 Å². The number of carbonyl (C=O) groups excluding carboxylic acids is 2. The van der Waals surface area contributed by atoms with Crippen LogP contribution in [0.2, 0.25) is 0 Å². The van der Waals surface area contributed by atoms with Gasteiger partial charge in [0.05, 0.1) is 249 Å². The Balaban J connectivity index is 0. The third kappa shape index (κ3) is 89.0. The van der Waals surface area contributed by atoms with Crippen molar-refractivity contribution in [2.24, 2.45) is 0 Å². The zero-order valence-electron chi connectivity index (χ0n) is 49.2. The number of hydrogen-bond acceptors (Lipinski definition) is 22. The summed E-state index contributed by atoms with van der Waals surface area (Å²) in [7, 11) is -21.3. The summed E-state index contributed by atoms with van der Waals surface area (Å²) in [6.45, 7) is 21.1. The molecule has 3 fully saturated rings. The Morgan fingerprint density at radius 2 is 0.318 bits per heavy atom. The Bertz CT molecular complexity index is 1550. The van der Waals surface area contributed by atoms with Crippen LogP contribution in [0, 0.1) is 0 Å². The zero-order chi connectivity index (χ0) is 66.1. The first-order chi connectivity index (χ1) is 41.3. The van der Waals surface area contributed by atoms with Gasteiger partial charge in [-0.3, -0.25) is 11.5 Å². The van der Waals surface area contributed by atoms with Crippen molar-refractivity contribution in [2.75, 3.05) is 249 Å². The van der Waals surface area contributed by atoms with Gasteiger partial charge in [0.25, 0.3) is 0 Å². The molecule has 524 valence electrons. The van der Waals surface area contributed by atoms with Crippen LogP contribution in [-0.2, 0) is 85.3 Å². The van der Waals surface area contributed by atoms with Gasteiger partial charge in [0.1, 0.15) is 0 Å². The van der Waals surface area contributed by atoms with Crippen LogP contribution in [-0.4, -0.2) is 250 Å². The average molecular weight is 1360 g/mol. The molecule has 0 saturated carbocycles. The first kappa shape index (κ1) is 86.7. The summed E-state index contributed by atoms with van der Waals surface area (Å²) >= 11 is 0. The maximum Gasteiger partial charge on any atom is 0.340 e. The number of nitrogens with two attached hydrogens (primary N) is 2. The SMILES string of the molecule is C1COCCOCCOCCOCCOCCO1.C1COCCOCCOCCOCCOCCO1.C1COCCOCCOCCOCCOCCO1.F[P-](F)(F)(F)(F)F.F[P-](F)(F)(F)(F)F.Nc1ccc(C([NH3+])=O)cc1.Nc1ccc(C([NH3+])=O)cc1.